The first-order valence-electron chi connectivity index (χ1n) is 16.1. The first-order valence-corrected chi connectivity index (χ1v) is 16.1. The van der Waals surface area contributed by atoms with Crippen molar-refractivity contribution in [3.63, 3.8) is 0 Å². The zero-order valence-electron chi connectivity index (χ0n) is 27.2. The number of aliphatic hydroxyl groups is 1. The van der Waals surface area contributed by atoms with E-state index in [2.05, 4.69) is 103 Å². The number of nitrogens with one attached hydrogen (secondary N) is 1. The molecule has 3 aromatic rings. The molecule has 0 aromatic heterocycles. The fourth-order valence-electron chi connectivity index (χ4n) is 6.93. The first kappa shape index (κ1) is 35.6. The van der Waals surface area contributed by atoms with E-state index in [9.17, 15) is 14.4 Å². The number of rotatable bonds is 13. The average Bonchev–Trinajstić information content (AvgIpc) is 3.05. The van der Waals surface area contributed by atoms with E-state index in [1.54, 1.807) is 7.11 Å². The standard InChI is InChI=1S/C31H38N2O.C6H8O7/c1-22(2)26-14-15-28(34-3)27(20-26)21-32-30-25-16-18-33(19-17-25)31(30)29(23-10-6-4-7-11-23)24-12-8-5-9-13-24;7-3(8)1-6(13,5(11)12)2-4(9)10/h4-15,20,22,25,29-32H,16-19,21H2,1-3H3;13H,1-2H2,(H,7,8)(H,9,10)(H,11,12)/t30-,31-;/m0./s1. The van der Waals surface area contributed by atoms with Crippen molar-refractivity contribution in [2.24, 2.45) is 5.92 Å². The number of nitrogens with zero attached hydrogens (tertiary/aromatic N) is 1. The van der Waals surface area contributed by atoms with Crippen LogP contribution >= 0.6 is 0 Å². The van der Waals surface area contributed by atoms with Gasteiger partial charge < -0.3 is 30.5 Å². The molecule has 0 aliphatic carbocycles. The molecule has 2 bridgehead atoms. The van der Waals surface area contributed by atoms with Gasteiger partial charge in [-0.1, -0.05) is 86.6 Å². The van der Waals surface area contributed by atoms with Gasteiger partial charge in [0.15, 0.2) is 5.60 Å². The zero-order valence-corrected chi connectivity index (χ0v) is 27.2. The number of ether oxygens (including phenoxy) is 1. The highest BCUT2D eigenvalue weighted by Crippen LogP contribution is 2.42. The molecule has 0 amide bonds. The highest BCUT2D eigenvalue weighted by molar-refractivity contribution is 5.88. The lowest BCUT2D eigenvalue weighted by Gasteiger charge is -2.54. The number of hydrogen-bond donors (Lipinski definition) is 5. The normalized spacial score (nSPS) is 20.4. The van der Waals surface area contributed by atoms with Crippen LogP contribution in [0.15, 0.2) is 78.9 Å². The summed E-state index contributed by atoms with van der Waals surface area (Å²) in [5.41, 5.74) is 2.72. The molecule has 0 radical (unpaired) electrons. The molecule has 2 atom stereocenters. The van der Waals surface area contributed by atoms with Crippen LogP contribution in [-0.2, 0) is 20.9 Å². The van der Waals surface area contributed by atoms with Crippen molar-refractivity contribution in [2.45, 2.75) is 75.6 Å². The summed E-state index contributed by atoms with van der Waals surface area (Å²) in [4.78, 5) is 33.2. The SMILES string of the molecule is COc1ccc(C(C)C)cc1CN[C@H]1C2CCN(CC2)[C@H]1C(c1ccccc1)c1ccccc1.O=C(O)CC(O)(CC(=O)O)C(=O)O. The van der Waals surface area contributed by atoms with E-state index in [4.69, 9.17) is 25.2 Å². The van der Waals surface area contributed by atoms with Crippen LogP contribution in [0.5, 0.6) is 5.75 Å². The minimum atomic E-state index is -2.74. The Bertz CT molecular complexity index is 1430. The van der Waals surface area contributed by atoms with Gasteiger partial charge in [0.2, 0.25) is 0 Å². The molecule has 3 aliphatic heterocycles. The van der Waals surface area contributed by atoms with E-state index in [1.165, 1.54) is 48.2 Å². The Morgan fingerprint density at radius 1 is 0.851 bits per heavy atom. The van der Waals surface area contributed by atoms with Gasteiger partial charge in [-0.2, -0.15) is 0 Å². The Morgan fingerprint density at radius 2 is 1.38 bits per heavy atom. The summed E-state index contributed by atoms with van der Waals surface area (Å²) in [6.45, 7) is 7.76. The Balaban J connectivity index is 0.000000328. The molecule has 5 N–H and O–H groups in total. The van der Waals surface area contributed by atoms with Crippen LogP contribution in [0.4, 0.5) is 0 Å². The van der Waals surface area contributed by atoms with E-state index < -0.39 is 36.4 Å². The maximum Gasteiger partial charge on any atom is 0.336 e. The second-order valence-electron chi connectivity index (χ2n) is 12.8. The molecule has 3 aliphatic rings. The number of fused-ring (bicyclic) bond motifs is 3. The van der Waals surface area contributed by atoms with Crippen molar-refractivity contribution < 1.29 is 39.5 Å². The molecule has 47 heavy (non-hydrogen) atoms. The summed E-state index contributed by atoms with van der Waals surface area (Å²) in [5.74, 6) is -2.46. The van der Waals surface area contributed by atoms with Crippen LogP contribution in [0, 0.1) is 5.92 Å². The maximum atomic E-state index is 10.3. The van der Waals surface area contributed by atoms with Crippen molar-refractivity contribution in [1.29, 1.82) is 0 Å². The second kappa shape index (κ2) is 16.0. The third-order valence-electron chi connectivity index (χ3n) is 9.32. The third kappa shape index (κ3) is 8.97. The summed E-state index contributed by atoms with van der Waals surface area (Å²) in [6, 6.07) is 29.8. The Morgan fingerprint density at radius 3 is 1.83 bits per heavy atom. The van der Waals surface area contributed by atoms with Crippen molar-refractivity contribution in [3.8, 4) is 5.75 Å². The lowest BCUT2D eigenvalue weighted by Crippen LogP contribution is -2.64. The fraction of sp³-hybridized carbons (Fsp3) is 0.432. The molecule has 0 spiro atoms. The van der Waals surface area contributed by atoms with Gasteiger partial charge in [0, 0.05) is 30.1 Å². The lowest BCUT2D eigenvalue weighted by atomic mass is 9.70. The number of benzene rings is 3. The van der Waals surface area contributed by atoms with Crippen LogP contribution in [0.1, 0.15) is 73.6 Å². The molecular formula is C37H46N2O8. The van der Waals surface area contributed by atoms with Crippen LogP contribution in [0.25, 0.3) is 0 Å². The number of aliphatic carboxylic acids is 3. The quantitative estimate of drug-likeness (QED) is 0.172. The highest BCUT2D eigenvalue weighted by Gasteiger charge is 2.46. The maximum absolute atomic E-state index is 10.3. The molecule has 3 saturated heterocycles. The van der Waals surface area contributed by atoms with Crippen molar-refractivity contribution >= 4 is 17.9 Å². The summed E-state index contributed by atoms with van der Waals surface area (Å²) in [7, 11) is 1.78. The molecule has 0 unspecified atom stereocenters. The average molecular weight is 647 g/mol. The highest BCUT2D eigenvalue weighted by atomic mass is 16.5. The van der Waals surface area contributed by atoms with Gasteiger partial charge in [-0.15, -0.1) is 0 Å². The van der Waals surface area contributed by atoms with E-state index in [1.807, 2.05) is 0 Å². The Hall–Kier alpha value is -4.25. The van der Waals surface area contributed by atoms with E-state index in [0.29, 0.717) is 29.8 Å². The van der Waals surface area contributed by atoms with Crippen LogP contribution in [0.3, 0.4) is 0 Å². The molecule has 3 aromatic carbocycles. The van der Waals surface area contributed by atoms with Gasteiger partial charge in [-0.05, 0) is 60.5 Å². The number of methoxy groups -OCH3 is 1. The Kier molecular flexibility index (Phi) is 12.1. The van der Waals surface area contributed by atoms with Gasteiger partial charge >= 0.3 is 17.9 Å². The van der Waals surface area contributed by atoms with Gasteiger partial charge in [0.05, 0.1) is 20.0 Å². The smallest absolute Gasteiger partial charge is 0.336 e. The third-order valence-corrected chi connectivity index (χ3v) is 9.32. The van der Waals surface area contributed by atoms with Crippen molar-refractivity contribution in [3.05, 3.63) is 101 Å². The second-order valence-corrected chi connectivity index (χ2v) is 12.8. The van der Waals surface area contributed by atoms with Gasteiger partial charge in [0.25, 0.3) is 0 Å². The number of piperidine rings is 3. The van der Waals surface area contributed by atoms with E-state index in [-0.39, 0.29) is 0 Å². The Labute approximate surface area is 276 Å². The monoisotopic (exact) mass is 646 g/mol. The summed E-state index contributed by atoms with van der Waals surface area (Å²) >= 11 is 0. The van der Waals surface area contributed by atoms with Gasteiger partial charge in [-0.25, -0.2) is 4.79 Å². The minimum Gasteiger partial charge on any atom is -0.496 e. The molecular weight excluding hydrogens is 600 g/mol. The number of carboxylic acids is 3. The van der Waals surface area contributed by atoms with E-state index >= 15 is 0 Å². The summed E-state index contributed by atoms with van der Waals surface area (Å²) in [5, 5.41) is 37.9. The summed E-state index contributed by atoms with van der Waals surface area (Å²) < 4.78 is 5.74. The van der Waals surface area contributed by atoms with Gasteiger partial charge in [0.1, 0.15) is 5.75 Å². The fourth-order valence-corrected chi connectivity index (χ4v) is 6.93. The summed E-state index contributed by atoms with van der Waals surface area (Å²) in [6.07, 6.45) is 0.282. The zero-order chi connectivity index (χ0) is 34.1. The predicted molar refractivity (Wildman–Crippen MR) is 178 cm³/mol. The van der Waals surface area contributed by atoms with Crippen LogP contribution < -0.4 is 10.1 Å². The number of carbonyl (C=O) groups is 3. The topological polar surface area (TPSA) is 157 Å². The molecule has 0 saturated carbocycles. The van der Waals surface area contributed by atoms with E-state index in [0.717, 1.165) is 12.3 Å². The molecule has 10 nitrogen and oxygen atoms in total. The van der Waals surface area contributed by atoms with Gasteiger partial charge in [-0.3, -0.25) is 14.5 Å². The largest absolute Gasteiger partial charge is 0.496 e. The predicted octanol–water partition coefficient (Wildman–Crippen LogP) is 4.95. The first-order chi connectivity index (χ1) is 22.4. The van der Waals surface area contributed by atoms with Crippen LogP contribution in [-0.4, -0.2) is 81.1 Å². The molecule has 6 rings (SSSR count). The van der Waals surface area contributed by atoms with Crippen molar-refractivity contribution in [2.75, 3.05) is 20.2 Å². The molecule has 10 heteroatoms. The van der Waals surface area contributed by atoms with Crippen LogP contribution in [0.2, 0.25) is 0 Å². The molecule has 252 valence electrons. The molecule has 3 heterocycles. The van der Waals surface area contributed by atoms with Crippen molar-refractivity contribution in [1.82, 2.24) is 10.2 Å². The number of hydrogen-bond acceptors (Lipinski definition) is 7. The molecule has 3 fully saturated rings. The number of carboxylic acid groups (broad SMARTS) is 3. The lowest BCUT2D eigenvalue weighted by molar-refractivity contribution is -0.170. The minimum absolute atomic E-state index is 0.354.